The van der Waals surface area contributed by atoms with E-state index in [0.29, 0.717) is 11.7 Å². The minimum Gasteiger partial charge on any atom is -0.348 e. The Bertz CT molecular complexity index is 408. The Hall–Kier alpha value is -0.810. The van der Waals surface area contributed by atoms with Crippen LogP contribution in [0.3, 0.4) is 0 Å². The number of rotatable bonds is 2. The number of aryl methyl sites for hydroxylation is 1. The zero-order valence-corrected chi connectivity index (χ0v) is 11.8. The van der Waals surface area contributed by atoms with Crippen molar-refractivity contribution < 1.29 is 4.79 Å². The second-order valence-corrected chi connectivity index (χ2v) is 5.62. The number of hydrogen-bond donors (Lipinski definition) is 1. The number of carbonyl (C=O) groups excluding carboxylic acids is 1. The van der Waals surface area contributed by atoms with E-state index >= 15 is 0 Å². The van der Waals surface area contributed by atoms with Gasteiger partial charge in [0.15, 0.2) is 0 Å². The lowest BCUT2D eigenvalue weighted by atomic mass is 10.1. The van der Waals surface area contributed by atoms with Gasteiger partial charge in [-0.05, 0) is 55.0 Å². The summed E-state index contributed by atoms with van der Waals surface area (Å²) in [5.74, 6) is 0.0211. The molecule has 1 aliphatic heterocycles. The molecule has 0 saturated carbocycles. The van der Waals surface area contributed by atoms with Crippen molar-refractivity contribution in [1.29, 1.82) is 0 Å². The highest BCUT2D eigenvalue weighted by atomic mass is 79.9. The number of halogens is 1. The molecule has 0 aliphatic carbocycles. The molecule has 0 bridgehead atoms. The van der Waals surface area contributed by atoms with Crippen LogP contribution in [0.1, 0.15) is 23.3 Å². The van der Waals surface area contributed by atoms with Crippen LogP contribution in [0.4, 0.5) is 0 Å². The number of nitrogens with zero attached hydrogens (tertiary/aromatic N) is 2. The van der Waals surface area contributed by atoms with E-state index in [0.717, 1.165) is 30.4 Å². The second-order valence-electron chi connectivity index (χ2n) is 4.71. The molecule has 0 aromatic carbocycles. The van der Waals surface area contributed by atoms with Crippen LogP contribution in [0.5, 0.6) is 0 Å². The Kier molecular flexibility index (Phi) is 3.89. The molecule has 2 heterocycles. The van der Waals surface area contributed by atoms with Crippen molar-refractivity contribution in [3.63, 3.8) is 0 Å². The van der Waals surface area contributed by atoms with Crippen molar-refractivity contribution in [1.82, 2.24) is 14.8 Å². The molecule has 1 saturated heterocycles. The summed E-state index contributed by atoms with van der Waals surface area (Å²) >= 11 is 3.38. The topological polar surface area (TPSA) is 37.3 Å². The highest BCUT2D eigenvalue weighted by Crippen LogP contribution is 2.15. The fraction of sp³-hybridized carbons (Fsp3) is 0.583. The van der Waals surface area contributed by atoms with Crippen molar-refractivity contribution in [2.75, 3.05) is 20.1 Å². The molecule has 2 rings (SSSR count). The molecule has 0 unspecified atom stereocenters. The molecule has 0 atom stereocenters. The molecule has 1 aromatic rings. The predicted molar refractivity (Wildman–Crippen MR) is 71.1 cm³/mol. The van der Waals surface area contributed by atoms with Gasteiger partial charge in [-0.1, -0.05) is 0 Å². The van der Waals surface area contributed by atoms with Gasteiger partial charge in [0.1, 0.15) is 5.69 Å². The van der Waals surface area contributed by atoms with E-state index < -0.39 is 0 Å². The molecule has 1 fully saturated rings. The van der Waals surface area contributed by atoms with E-state index in [9.17, 15) is 4.79 Å². The van der Waals surface area contributed by atoms with Gasteiger partial charge >= 0.3 is 0 Å². The normalized spacial score (nSPS) is 18.3. The molecule has 0 spiro atoms. The van der Waals surface area contributed by atoms with Gasteiger partial charge in [0.25, 0.3) is 5.91 Å². The quantitative estimate of drug-likeness (QED) is 0.901. The number of carbonyl (C=O) groups is 1. The monoisotopic (exact) mass is 299 g/mol. The van der Waals surface area contributed by atoms with Crippen LogP contribution in [0, 0.1) is 0 Å². The summed E-state index contributed by atoms with van der Waals surface area (Å²) < 4.78 is 2.78. The molecule has 4 nitrogen and oxygen atoms in total. The zero-order chi connectivity index (χ0) is 12.4. The first-order valence-electron chi connectivity index (χ1n) is 5.87. The number of aromatic nitrogens is 1. The molecule has 5 heteroatoms. The van der Waals surface area contributed by atoms with E-state index in [-0.39, 0.29) is 5.91 Å². The summed E-state index contributed by atoms with van der Waals surface area (Å²) in [6.07, 6.45) is 3.96. The number of amides is 1. The van der Waals surface area contributed by atoms with Gasteiger partial charge in [0.2, 0.25) is 0 Å². The average molecular weight is 300 g/mol. The average Bonchev–Trinajstić information content (AvgIpc) is 2.61. The summed E-state index contributed by atoms with van der Waals surface area (Å²) in [4.78, 5) is 14.4. The second kappa shape index (κ2) is 5.23. The SMILES string of the molecule is CN1CCC(NC(=O)c2cc(Br)cn2C)CC1. The van der Waals surface area contributed by atoms with Gasteiger partial charge in [-0.3, -0.25) is 4.79 Å². The molecule has 17 heavy (non-hydrogen) atoms. The van der Waals surface area contributed by atoms with Gasteiger partial charge in [0.05, 0.1) is 0 Å². The molecule has 1 aliphatic rings. The number of nitrogens with one attached hydrogen (secondary N) is 1. The van der Waals surface area contributed by atoms with Gasteiger partial charge in [0, 0.05) is 23.8 Å². The fourth-order valence-corrected chi connectivity index (χ4v) is 2.69. The van der Waals surface area contributed by atoms with Gasteiger partial charge in [-0.15, -0.1) is 0 Å². The van der Waals surface area contributed by atoms with Crippen LogP contribution < -0.4 is 5.32 Å². The first-order valence-corrected chi connectivity index (χ1v) is 6.67. The lowest BCUT2D eigenvalue weighted by Crippen LogP contribution is -2.43. The van der Waals surface area contributed by atoms with Gasteiger partial charge in [-0.2, -0.15) is 0 Å². The molecule has 1 amide bonds. The third kappa shape index (κ3) is 3.10. The van der Waals surface area contributed by atoms with E-state index in [1.54, 1.807) is 0 Å². The van der Waals surface area contributed by atoms with Crippen LogP contribution >= 0.6 is 15.9 Å². The van der Waals surface area contributed by atoms with Gasteiger partial charge in [-0.25, -0.2) is 0 Å². The van der Waals surface area contributed by atoms with Crippen molar-refractivity contribution in [2.24, 2.45) is 7.05 Å². The van der Waals surface area contributed by atoms with E-state index in [4.69, 9.17) is 0 Å². The summed E-state index contributed by atoms with van der Waals surface area (Å²) in [6, 6.07) is 2.16. The lowest BCUT2D eigenvalue weighted by molar-refractivity contribution is 0.0908. The maximum Gasteiger partial charge on any atom is 0.268 e. The summed E-state index contributed by atoms with van der Waals surface area (Å²) in [7, 11) is 4.00. The minimum absolute atomic E-state index is 0.0211. The van der Waals surface area contributed by atoms with Crippen molar-refractivity contribution >= 4 is 21.8 Å². The first-order chi connectivity index (χ1) is 8.06. The van der Waals surface area contributed by atoms with Crippen molar-refractivity contribution in [3.05, 3.63) is 22.4 Å². The molecule has 0 radical (unpaired) electrons. The Morgan fingerprint density at radius 2 is 2.06 bits per heavy atom. The van der Waals surface area contributed by atoms with E-state index in [2.05, 4.69) is 33.2 Å². The van der Waals surface area contributed by atoms with E-state index in [1.807, 2.05) is 23.9 Å². The highest BCUT2D eigenvalue weighted by molar-refractivity contribution is 9.10. The Morgan fingerprint density at radius 3 is 2.59 bits per heavy atom. The first kappa shape index (κ1) is 12.6. The third-order valence-corrected chi connectivity index (χ3v) is 3.69. The molecule has 1 N–H and O–H groups in total. The number of piperidine rings is 1. The van der Waals surface area contributed by atoms with Crippen LogP contribution in [0.25, 0.3) is 0 Å². The lowest BCUT2D eigenvalue weighted by Gasteiger charge is -2.29. The van der Waals surface area contributed by atoms with E-state index in [1.165, 1.54) is 0 Å². The van der Waals surface area contributed by atoms with Crippen molar-refractivity contribution in [3.8, 4) is 0 Å². The highest BCUT2D eigenvalue weighted by Gasteiger charge is 2.20. The van der Waals surface area contributed by atoms with Gasteiger partial charge < -0.3 is 14.8 Å². The van der Waals surface area contributed by atoms with Crippen LogP contribution in [0.2, 0.25) is 0 Å². The summed E-state index contributed by atoms with van der Waals surface area (Å²) in [5, 5.41) is 3.10. The molecule has 94 valence electrons. The Balaban J connectivity index is 1.95. The van der Waals surface area contributed by atoms with Crippen LogP contribution in [-0.2, 0) is 7.05 Å². The number of hydrogen-bond acceptors (Lipinski definition) is 2. The summed E-state index contributed by atoms with van der Waals surface area (Å²) in [5.41, 5.74) is 0.704. The zero-order valence-electron chi connectivity index (χ0n) is 10.2. The molecular formula is C12H18BrN3O. The Morgan fingerprint density at radius 1 is 1.41 bits per heavy atom. The Labute approximate surface area is 110 Å². The third-order valence-electron chi connectivity index (χ3n) is 3.26. The molecule has 1 aromatic heterocycles. The fourth-order valence-electron chi connectivity index (χ4n) is 2.16. The maximum absolute atomic E-state index is 12.1. The largest absolute Gasteiger partial charge is 0.348 e. The van der Waals surface area contributed by atoms with Crippen molar-refractivity contribution in [2.45, 2.75) is 18.9 Å². The smallest absolute Gasteiger partial charge is 0.268 e. The molecular weight excluding hydrogens is 282 g/mol. The van der Waals surface area contributed by atoms with Crippen LogP contribution in [-0.4, -0.2) is 41.6 Å². The minimum atomic E-state index is 0.0211. The standard InChI is InChI=1S/C12H18BrN3O/c1-15-5-3-10(4-6-15)14-12(17)11-7-9(13)8-16(11)2/h7-8,10H,3-6H2,1-2H3,(H,14,17). The predicted octanol–water partition coefficient (Wildman–Crippen LogP) is 1.61. The number of likely N-dealkylation sites (tertiary alicyclic amines) is 1. The maximum atomic E-state index is 12.1. The summed E-state index contributed by atoms with van der Waals surface area (Å²) in [6.45, 7) is 2.11. The van der Waals surface area contributed by atoms with Crippen LogP contribution in [0.15, 0.2) is 16.7 Å².